The van der Waals surface area contributed by atoms with E-state index in [1.807, 2.05) is 24.3 Å². The van der Waals surface area contributed by atoms with Gasteiger partial charge < -0.3 is 0 Å². The van der Waals surface area contributed by atoms with Crippen LogP contribution in [0.1, 0.15) is 50.0 Å². The molecule has 16 heavy (non-hydrogen) atoms. The zero-order chi connectivity index (χ0) is 12.1. The molecule has 0 heterocycles. The van der Waals surface area contributed by atoms with Crippen LogP contribution in [0, 0.1) is 5.92 Å². The number of carbonyl (C=O) groups is 1. The Labute approximate surface area is 98.2 Å². The molecule has 0 aliphatic carbocycles. The summed E-state index contributed by atoms with van der Waals surface area (Å²) >= 11 is 0. The average molecular weight is 216 g/mol. The lowest BCUT2D eigenvalue weighted by Gasteiger charge is -2.06. The van der Waals surface area contributed by atoms with E-state index in [1.54, 1.807) is 6.92 Å². The highest BCUT2D eigenvalue weighted by Crippen LogP contribution is 2.18. The van der Waals surface area contributed by atoms with E-state index in [1.165, 1.54) is 11.1 Å². The second-order valence-corrected chi connectivity index (χ2v) is 4.37. The molecule has 1 unspecified atom stereocenters. The average Bonchev–Trinajstić information content (AvgIpc) is 2.28. The van der Waals surface area contributed by atoms with Crippen molar-refractivity contribution in [1.29, 1.82) is 0 Å². The Balaban J connectivity index is 2.89. The minimum absolute atomic E-state index is 0.120. The standard InChI is InChI=1S/C15H20O/c1-5-11(2)10-12(3)14-6-8-15(9-7-14)13(4)16/h6-11H,5H2,1-4H3/b12-10+. The molecule has 0 saturated carbocycles. The topological polar surface area (TPSA) is 17.1 Å². The predicted molar refractivity (Wildman–Crippen MR) is 69.6 cm³/mol. The zero-order valence-corrected chi connectivity index (χ0v) is 10.6. The van der Waals surface area contributed by atoms with Crippen LogP contribution in [0.3, 0.4) is 0 Å². The summed E-state index contributed by atoms with van der Waals surface area (Å²) in [6.07, 6.45) is 3.44. The smallest absolute Gasteiger partial charge is 0.159 e. The van der Waals surface area contributed by atoms with Crippen LogP contribution in [0.4, 0.5) is 0 Å². The van der Waals surface area contributed by atoms with Gasteiger partial charge in [-0.3, -0.25) is 4.79 Å². The van der Waals surface area contributed by atoms with Gasteiger partial charge in [-0.2, -0.15) is 0 Å². The Kier molecular flexibility index (Phi) is 4.48. The van der Waals surface area contributed by atoms with E-state index < -0.39 is 0 Å². The van der Waals surface area contributed by atoms with Crippen molar-refractivity contribution in [3.8, 4) is 0 Å². The predicted octanol–water partition coefficient (Wildman–Crippen LogP) is 4.34. The number of carbonyl (C=O) groups excluding carboxylic acids is 1. The first-order chi connectivity index (χ1) is 7.54. The Hall–Kier alpha value is -1.37. The lowest BCUT2D eigenvalue weighted by molar-refractivity contribution is 0.101. The van der Waals surface area contributed by atoms with Crippen molar-refractivity contribution in [1.82, 2.24) is 0 Å². The lowest BCUT2D eigenvalue weighted by atomic mass is 9.99. The molecule has 0 aromatic heterocycles. The van der Waals surface area contributed by atoms with Gasteiger partial charge in [0.15, 0.2) is 5.78 Å². The van der Waals surface area contributed by atoms with Gasteiger partial charge in [-0.1, -0.05) is 50.6 Å². The Bertz CT molecular complexity index is 384. The minimum atomic E-state index is 0.120. The molecule has 0 spiro atoms. The number of ketones is 1. The summed E-state index contributed by atoms with van der Waals surface area (Å²) in [5.74, 6) is 0.725. The van der Waals surface area contributed by atoms with Crippen LogP contribution in [0.5, 0.6) is 0 Å². The molecule has 0 saturated heterocycles. The van der Waals surface area contributed by atoms with Crippen molar-refractivity contribution in [2.75, 3.05) is 0 Å². The molecular formula is C15H20O. The Morgan fingerprint density at radius 2 is 1.69 bits per heavy atom. The largest absolute Gasteiger partial charge is 0.295 e. The number of hydrogen-bond donors (Lipinski definition) is 0. The van der Waals surface area contributed by atoms with Crippen LogP contribution in [-0.2, 0) is 0 Å². The molecule has 1 atom stereocenters. The van der Waals surface area contributed by atoms with Crippen LogP contribution in [0.2, 0.25) is 0 Å². The van der Waals surface area contributed by atoms with Crippen molar-refractivity contribution in [3.63, 3.8) is 0 Å². The fourth-order valence-electron chi connectivity index (χ4n) is 1.61. The van der Waals surface area contributed by atoms with Crippen molar-refractivity contribution in [2.45, 2.75) is 34.1 Å². The summed E-state index contributed by atoms with van der Waals surface area (Å²) in [5.41, 5.74) is 3.26. The quantitative estimate of drug-likeness (QED) is 0.684. The van der Waals surface area contributed by atoms with Gasteiger partial charge >= 0.3 is 0 Å². The summed E-state index contributed by atoms with van der Waals surface area (Å²) in [5, 5.41) is 0. The van der Waals surface area contributed by atoms with E-state index in [0.29, 0.717) is 5.92 Å². The first-order valence-corrected chi connectivity index (χ1v) is 5.84. The second kappa shape index (κ2) is 5.64. The van der Waals surface area contributed by atoms with E-state index in [0.717, 1.165) is 12.0 Å². The van der Waals surface area contributed by atoms with Gasteiger partial charge in [0.25, 0.3) is 0 Å². The number of hydrogen-bond acceptors (Lipinski definition) is 1. The maximum Gasteiger partial charge on any atom is 0.159 e. The van der Waals surface area contributed by atoms with E-state index in [4.69, 9.17) is 0 Å². The fourth-order valence-corrected chi connectivity index (χ4v) is 1.61. The van der Waals surface area contributed by atoms with Crippen LogP contribution >= 0.6 is 0 Å². The second-order valence-electron chi connectivity index (χ2n) is 4.37. The molecule has 1 aromatic rings. The van der Waals surface area contributed by atoms with Crippen molar-refractivity contribution in [2.24, 2.45) is 5.92 Å². The molecule has 0 amide bonds. The van der Waals surface area contributed by atoms with E-state index in [-0.39, 0.29) is 5.78 Å². The number of benzene rings is 1. The number of rotatable bonds is 4. The third kappa shape index (κ3) is 3.34. The Morgan fingerprint density at radius 3 is 2.12 bits per heavy atom. The molecule has 0 fully saturated rings. The van der Waals surface area contributed by atoms with Gasteiger partial charge in [-0.25, -0.2) is 0 Å². The molecule has 0 aliphatic heterocycles. The monoisotopic (exact) mass is 216 g/mol. The molecule has 1 heteroatoms. The van der Waals surface area contributed by atoms with Crippen molar-refractivity contribution >= 4 is 11.4 Å². The number of Topliss-reactive ketones (excluding diaryl/α,β-unsaturated/α-hetero) is 1. The number of allylic oxidation sites excluding steroid dienone is 2. The van der Waals surface area contributed by atoms with Gasteiger partial charge in [-0.15, -0.1) is 0 Å². The highest BCUT2D eigenvalue weighted by Gasteiger charge is 2.01. The molecule has 1 aromatic carbocycles. The van der Waals surface area contributed by atoms with E-state index in [9.17, 15) is 4.79 Å². The van der Waals surface area contributed by atoms with Gasteiger partial charge in [0.1, 0.15) is 0 Å². The summed E-state index contributed by atoms with van der Waals surface area (Å²) < 4.78 is 0. The third-order valence-electron chi connectivity index (χ3n) is 2.93. The SMILES string of the molecule is CCC(C)/C=C(\C)c1ccc(C(C)=O)cc1. The summed E-state index contributed by atoms with van der Waals surface area (Å²) in [6.45, 7) is 8.12. The van der Waals surface area contributed by atoms with Gasteiger partial charge in [-0.05, 0) is 30.9 Å². The van der Waals surface area contributed by atoms with Crippen molar-refractivity contribution in [3.05, 3.63) is 41.5 Å². The van der Waals surface area contributed by atoms with Crippen LogP contribution in [-0.4, -0.2) is 5.78 Å². The third-order valence-corrected chi connectivity index (χ3v) is 2.93. The van der Waals surface area contributed by atoms with Crippen LogP contribution in [0.25, 0.3) is 5.57 Å². The van der Waals surface area contributed by atoms with Gasteiger partial charge in [0, 0.05) is 5.56 Å². The summed E-state index contributed by atoms with van der Waals surface area (Å²) in [4.78, 5) is 11.1. The van der Waals surface area contributed by atoms with Crippen LogP contribution < -0.4 is 0 Å². The maximum atomic E-state index is 11.1. The van der Waals surface area contributed by atoms with Gasteiger partial charge in [0.2, 0.25) is 0 Å². The van der Waals surface area contributed by atoms with Crippen molar-refractivity contribution < 1.29 is 4.79 Å². The lowest BCUT2D eigenvalue weighted by Crippen LogP contribution is -1.92. The Morgan fingerprint density at radius 1 is 1.19 bits per heavy atom. The molecule has 0 aliphatic rings. The van der Waals surface area contributed by atoms with Gasteiger partial charge in [0.05, 0.1) is 0 Å². The molecule has 0 radical (unpaired) electrons. The molecule has 86 valence electrons. The highest BCUT2D eigenvalue weighted by molar-refractivity contribution is 5.94. The molecule has 1 rings (SSSR count). The normalized spacial score (nSPS) is 13.6. The first kappa shape index (κ1) is 12.7. The summed E-state index contributed by atoms with van der Waals surface area (Å²) in [6, 6.07) is 7.83. The summed E-state index contributed by atoms with van der Waals surface area (Å²) in [7, 11) is 0. The van der Waals surface area contributed by atoms with E-state index >= 15 is 0 Å². The molecule has 0 N–H and O–H groups in total. The molecule has 1 nitrogen and oxygen atoms in total. The van der Waals surface area contributed by atoms with Crippen LogP contribution in [0.15, 0.2) is 30.3 Å². The zero-order valence-electron chi connectivity index (χ0n) is 10.6. The fraction of sp³-hybridized carbons (Fsp3) is 0.400. The minimum Gasteiger partial charge on any atom is -0.295 e. The van der Waals surface area contributed by atoms with E-state index in [2.05, 4.69) is 26.8 Å². The maximum absolute atomic E-state index is 11.1. The highest BCUT2D eigenvalue weighted by atomic mass is 16.1. The molecule has 0 bridgehead atoms. The molecular weight excluding hydrogens is 196 g/mol. The first-order valence-electron chi connectivity index (χ1n) is 5.84.